The van der Waals surface area contributed by atoms with Crippen molar-refractivity contribution in [2.24, 2.45) is 7.05 Å². The van der Waals surface area contributed by atoms with Crippen LogP contribution in [0, 0.1) is 0 Å². The maximum Gasteiger partial charge on any atom is 0.263 e. The zero-order valence-electron chi connectivity index (χ0n) is 12.1. The van der Waals surface area contributed by atoms with Crippen LogP contribution in [0.3, 0.4) is 0 Å². The van der Waals surface area contributed by atoms with Gasteiger partial charge >= 0.3 is 0 Å². The van der Waals surface area contributed by atoms with E-state index in [1.54, 1.807) is 28.8 Å². The molecule has 5 aromatic rings. The molecule has 6 nitrogen and oxygen atoms in total. The number of hydrogen-bond donors (Lipinski definition) is 2. The lowest BCUT2D eigenvalue weighted by Gasteiger charge is -2.01. The lowest BCUT2D eigenvalue weighted by atomic mass is 10.1. The fourth-order valence-corrected chi connectivity index (χ4v) is 3.42. The van der Waals surface area contributed by atoms with E-state index in [9.17, 15) is 15.0 Å². The Morgan fingerprint density at radius 2 is 1.96 bits per heavy atom. The summed E-state index contributed by atoms with van der Waals surface area (Å²) < 4.78 is 3.01. The summed E-state index contributed by atoms with van der Waals surface area (Å²) in [4.78, 5) is 17.3. The van der Waals surface area contributed by atoms with Crippen molar-refractivity contribution in [3.05, 3.63) is 46.9 Å². The number of hydrogen-bond acceptors (Lipinski definition) is 4. The fourth-order valence-electron chi connectivity index (χ4n) is 3.42. The number of benzene rings is 1. The van der Waals surface area contributed by atoms with E-state index in [1.165, 1.54) is 11.6 Å². The number of aromatic nitrogens is 3. The van der Waals surface area contributed by atoms with Crippen molar-refractivity contribution in [3.8, 4) is 11.6 Å². The van der Waals surface area contributed by atoms with Gasteiger partial charge in [-0.3, -0.25) is 9.36 Å². The molecule has 0 bridgehead atoms. The summed E-state index contributed by atoms with van der Waals surface area (Å²) in [5, 5.41) is 22.0. The summed E-state index contributed by atoms with van der Waals surface area (Å²) in [6, 6.07) is 8.64. The van der Waals surface area contributed by atoms with E-state index in [0.29, 0.717) is 32.7 Å². The minimum absolute atomic E-state index is 0.0809. The number of pyridine rings is 1. The van der Waals surface area contributed by atoms with Gasteiger partial charge in [0.1, 0.15) is 11.3 Å². The molecule has 0 atom stereocenters. The molecule has 0 amide bonds. The van der Waals surface area contributed by atoms with E-state index >= 15 is 0 Å². The van der Waals surface area contributed by atoms with Crippen molar-refractivity contribution in [3.63, 3.8) is 0 Å². The van der Waals surface area contributed by atoms with Gasteiger partial charge in [-0.05, 0) is 30.3 Å². The Bertz CT molecular complexity index is 1310. The molecule has 0 spiro atoms. The topological polar surface area (TPSA) is 79.8 Å². The van der Waals surface area contributed by atoms with Gasteiger partial charge < -0.3 is 14.6 Å². The van der Waals surface area contributed by atoms with E-state index in [1.807, 2.05) is 12.1 Å². The molecule has 0 fully saturated rings. The molecule has 0 aliphatic carbocycles. The SMILES string of the molecule is Cn1c(O)c2c(c1=O)c1c3cc(O)ccc3nc1c1cccn12. The van der Waals surface area contributed by atoms with Gasteiger partial charge in [-0.25, -0.2) is 4.98 Å². The van der Waals surface area contributed by atoms with Gasteiger partial charge in [0.05, 0.1) is 21.9 Å². The molecule has 4 aromatic heterocycles. The first-order chi connectivity index (χ1) is 11.1. The summed E-state index contributed by atoms with van der Waals surface area (Å²) in [5.74, 6) is 0.0328. The molecule has 0 saturated carbocycles. The Balaban J connectivity index is 2.29. The standard InChI is InChI=1S/C17H11N3O3/c1-19-16(22)13-12-9-7-8(21)4-5-10(9)18-14(12)11-3-2-6-20(11)15(13)17(19)23/h2-7,21,23H,1H3. The largest absolute Gasteiger partial charge is 0.508 e. The molecule has 6 heteroatoms. The third-order valence-electron chi connectivity index (χ3n) is 4.49. The minimum Gasteiger partial charge on any atom is -0.508 e. The van der Waals surface area contributed by atoms with E-state index < -0.39 is 0 Å². The molecule has 4 heterocycles. The van der Waals surface area contributed by atoms with E-state index in [2.05, 4.69) is 4.98 Å². The Kier molecular flexibility index (Phi) is 1.99. The second-order valence-corrected chi connectivity index (χ2v) is 5.71. The molecule has 23 heavy (non-hydrogen) atoms. The van der Waals surface area contributed by atoms with Crippen molar-refractivity contribution in [2.75, 3.05) is 0 Å². The van der Waals surface area contributed by atoms with Gasteiger partial charge in [0.15, 0.2) is 0 Å². The average molecular weight is 305 g/mol. The smallest absolute Gasteiger partial charge is 0.263 e. The summed E-state index contributed by atoms with van der Waals surface area (Å²) in [7, 11) is 1.54. The van der Waals surface area contributed by atoms with Crippen LogP contribution in [-0.4, -0.2) is 24.2 Å². The predicted octanol–water partition coefficient (Wildman–Crippen LogP) is 2.34. The number of aromatic hydroxyl groups is 2. The van der Waals surface area contributed by atoms with Gasteiger partial charge in [0, 0.05) is 24.0 Å². The first-order valence-corrected chi connectivity index (χ1v) is 7.14. The molecule has 112 valence electrons. The van der Waals surface area contributed by atoms with Gasteiger partial charge in [-0.2, -0.15) is 0 Å². The molecular formula is C17H11N3O3. The normalized spacial score (nSPS) is 12.2. The van der Waals surface area contributed by atoms with Crippen LogP contribution >= 0.6 is 0 Å². The quantitative estimate of drug-likeness (QED) is 0.460. The molecule has 0 radical (unpaired) electrons. The van der Waals surface area contributed by atoms with Crippen molar-refractivity contribution in [1.82, 2.24) is 14.0 Å². The van der Waals surface area contributed by atoms with Gasteiger partial charge in [-0.1, -0.05) is 0 Å². The van der Waals surface area contributed by atoms with Crippen LogP contribution in [0.15, 0.2) is 41.3 Å². The third-order valence-corrected chi connectivity index (χ3v) is 4.49. The van der Waals surface area contributed by atoms with E-state index in [-0.39, 0.29) is 17.2 Å². The first kappa shape index (κ1) is 12.3. The van der Waals surface area contributed by atoms with Crippen molar-refractivity contribution >= 4 is 38.2 Å². The van der Waals surface area contributed by atoms with E-state index in [4.69, 9.17) is 0 Å². The zero-order valence-corrected chi connectivity index (χ0v) is 12.1. The lowest BCUT2D eigenvalue weighted by molar-refractivity contribution is 0.433. The highest BCUT2D eigenvalue weighted by Crippen LogP contribution is 2.37. The molecular weight excluding hydrogens is 294 g/mol. The monoisotopic (exact) mass is 305 g/mol. The number of fused-ring (bicyclic) bond motifs is 8. The highest BCUT2D eigenvalue weighted by molar-refractivity contribution is 6.24. The Labute approximate surface area is 128 Å². The molecule has 2 N–H and O–H groups in total. The second kappa shape index (κ2) is 3.73. The van der Waals surface area contributed by atoms with Crippen molar-refractivity contribution < 1.29 is 10.2 Å². The van der Waals surface area contributed by atoms with Gasteiger partial charge in [-0.15, -0.1) is 0 Å². The molecule has 0 unspecified atom stereocenters. The van der Waals surface area contributed by atoms with Gasteiger partial charge in [0.25, 0.3) is 5.56 Å². The summed E-state index contributed by atoms with van der Waals surface area (Å²) >= 11 is 0. The van der Waals surface area contributed by atoms with Crippen molar-refractivity contribution in [2.45, 2.75) is 0 Å². The highest BCUT2D eigenvalue weighted by Gasteiger charge is 2.22. The van der Waals surface area contributed by atoms with Crippen molar-refractivity contribution in [1.29, 1.82) is 0 Å². The summed E-state index contributed by atoms with van der Waals surface area (Å²) in [6.07, 6.45) is 1.80. The van der Waals surface area contributed by atoms with Crippen LogP contribution in [0.1, 0.15) is 0 Å². The number of phenolic OH excluding ortho intramolecular Hbond substituents is 1. The molecule has 0 saturated heterocycles. The fraction of sp³-hybridized carbons (Fsp3) is 0.0588. The second-order valence-electron chi connectivity index (χ2n) is 5.71. The maximum atomic E-state index is 12.7. The first-order valence-electron chi connectivity index (χ1n) is 7.14. The molecule has 0 aliphatic heterocycles. The Morgan fingerprint density at radius 3 is 2.78 bits per heavy atom. The van der Waals surface area contributed by atoms with Crippen LogP contribution < -0.4 is 5.56 Å². The third kappa shape index (κ3) is 1.29. The van der Waals surface area contributed by atoms with E-state index in [0.717, 1.165) is 5.52 Å². The Hall–Kier alpha value is -3.28. The number of phenols is 1. The highest BCUT2D eigenvalue weighted by atomic mass is 16.3. The van der Waals surface area contributed by atoms with Crippen LogP contribution in [0.2, 0.25) is 0 Å². The maximum absolute atomic E-state index is 12.7. The molecule has 5 rings (SSSR count). The predicted molar refractivity (Wildman–Crippen MR) is 87.5 cm³/mol. The van der Waals surface area contributed by atoms with Crippen LogP contribution in [0.25, 0.3) is 38.2 Å². The zero-order chi connectivity index (χ0) is 15.9. The van der Waals surface area contributed by atoms with Crippen LogP contribution in [0.5, 0.6) is 11.6 Å². The number of rotatable bonds is 0. The van der Waals surface area contributed by atoms with Crippen LogP contribution in [-0.2, 0) is 7.05 Å². The summed E-state index contributed by atoms with van der Waals surface area (Å²) in [5.41, 5.74) is 2.38. The average Bonchev–Trinajstić information content (AvgIpc) is 3.19. The Morgan fingerprint density at radius 1 is 1.13 bits per heavy atom. The molecule has 1 aromatic carbocycles. The molecule has 0 aliphatic rings. The summed E-state index contributed by atoms with van der Waals surface area (Å²) in [6.45, 7) is 0. The van der Waals surface area contributed by atoms with Gasteiger partial charge in [0.2, 0.25) is 5.88 Å². The minimum atomic E-state index is -0.282. The number of nitrogens with zero attached hydrogens (tertiary/aromatic N) is 3. The van der Waals surface area contributed by atoms with Crippen LogP contribution in [0.4, 0.5) is 0 Å². The lowest BCUT2D eigenvalue weighted by Crippen LogP contribution is -2.09.